The molecule has 0 aromatic heterocycles. The first-order chi connectivity index (χ1) is 26.2. The Morgan fingerprint density at radius 1 is 0.611 bits per heavy atom. The quantitative estimate of drug-likeness (QED) is 0.138. The predicted molar refractivity (Wildman–Crippen MR) is 204 cm³/mol. The number of amides is 4. The second-order valence-electron chi connectivity index (χ2n) is 13.3. The fourth-order valence-corrected chi connectivity index (χ4v) is 6.48. The fraction of sp³-hybridized carbons (Fsp3) is 0.333. The van der Waals surface area contributed by atoms with Crippen molar-refractivity contribution in [1.29, 1.82) is 0 Å². The Morgan fingerprint density at radius 2 is 1.02 bits per heavy atom. The second kappa shape index (κ2) is 19.5. The van der Waals surface area contributed by atoms with E-state index in [1.54, 1.807) is 82.6 Å². The first-order valence-electron chi connectivity index (χ1n) is 18.3. The molecule has 10 nitrogen and oxygen atoms in total. The molecule has 12 heteroatoms. The minimum absolute atomic E-state index is 0.0395. The topological polar surface area (TPSA) is 116 Å². The van der Waals surface area contributed by atoms with Crippen LogP contribution in [-0.2, 0) is 17.8 Å². The number of ketones is 1. The maximum absolute atomic E-state index is 13.8. The van der Waals surface area contributed by atoms with Crippen LogP contribution in [0, 0.1) is 11.6 Å². The number of methoxy groups -OCH3 is 1. The molecule has 0 aliphatic carbocycles. The van der Waals surface area contributed by atoms with Crippen molar-refractivity contribution in [3.8, 4) is 0 Å². The van der Waals surface area contributed by atoms with Gasteiger partial charge in [0, 0.05) is 43.1 Å². The minimum atomic E-state index is -0.409. The number of Topliss-reactive ketones (excluding diaryl/α,β-unsaturated/α-hetero) is 1. The lowest BCUT2D eigenvalue weighted by atomic mass is 10.1. The van der Waals surface area contributed by atoms with E-state index >= 15 is 0 Å². The maximum atomic E-state index is 13.8. The summed E-state index contributed by atoms with van der Waals surface area (Å²) in [6.45, 7) is 3.42. The van der Waals surface area contributed by atoms with Crippen molar-refractivity contribution in [2.45, 2.75) is 51.6 Å². The average Bonchev–Trinajstić information content (AvgIpc) is 3.22. The number of anilines is 2. The van der Waals surface area contributed by atoms with Crippen LogP contribution in [0.2, 0.25) is 0 Å². The number of hydrogen-bond donors (Lipinski definition) is 1. The molecule has 0 saturated carbocycles. The van der Waals surface area contributed by atoms with Crippen molar-refractivity contribution < 1.29 is 32.7 Å². The maximum Gasteiger partial charge on any atom is 0.337 e. The third-order valence-corrected chi connectivity index (χ3v) is 9.47. The smallest absolute Gasteiger partial charge is 0.337 e. The molecule has 284 valence electrons. The van der Waals surface area contributed by atoms with Crippen LogP contribution in [0.4, 0.5) is 29.7 Å². The molecular formula is C42H47F2N5O5. The van der Waals surface area contributed by atoms with Gasteiger partial charge >= 0.3 is 18.0 Å². The molecule has 0 spiro atoms. The van der Waals surface area contributed by atoms with E-state index in [9.17, 15) is 28.0 Å². The molecule has 2 heterocycles. The molecule has 2 saturated heterocycles. The van der Waals surface area contributed by atoms with E-state index in [-0.39, 0.29) is 36.0 Å². The summed E-state index contributed by atoms with van der Waals surface area (Å²) in [5.41, 5.74) is 9.12. The van der Waals surface area contributed by atoms with E-state index in [0.717, 1.165) is 49.7 Å². The van der Waals surface area contributed by atoms with Gasteiger partial charge < -0.3 is 20.3 Å². The van der Waals surface area contributed by atoms with E-state index in [2.05, 4.69) is 0 Å². The third-order valence-electron chi connectivity index (χ3n) is 9.47. The predicted octanol–water partition coefficient (Wildman–Crippen LogP) is 7.80. The zero-order chi connectivity index (χ0) is 38.5. The van der Waals surface area contributed by atoms with Gasteiger partial charge in [-0.25, -0.2) is 23.2 Å². The van der Waals surface area contributed by atoms with Crippen LogP contribution in [0.3, 0.4) is 0 Å². The average molecular weight is 740 g/mol. The van der Waals surface area contributed by atoms with Gasteiger partial charge in [-0.2, -0.15) is 0 Å². The fourth-order valence-electron chi connectivity index (χ4n) is 6.48. The zero-order valence-corrected chi connectivity index (χ0v) is 30.6. The number of nitrogens with two attached hydrogens (primary N) is 1. The Bertz CT molecular complexity index is 1740. The van der Waals surface area contributed by atoms with E-state index in [1.807, 2.05) is 9.80 Å². The number of ether oxygens (including phenoxy) is 1. The van der Waals surface area contributed by atoms with Crippen molar-refractivity contribution >= 4 is 35.2 Å². The molecule has 2 aliphatic rings. The van der Waals surface area contributed by atoms with Gasteiger partial charge in [0.2, 0.25) is 0 Å². The number of esters is 1. The molecule has 0 unspecified atom stereocenters. The van der Waals surface area contributed by atoms with Crippen LogP contribution in [0.1, 0.15) is 70.4 Å². The summed E-state index contributed by atoms with van der Waals surface area (Å²) in [5, 5.41) is 0. The lowest BCUT2D eigenvalue weighted by Crippen LogP contribution is -2.45. The summed E-state index contributed by atoms with van der Waals surface area (Å²) in [4.78, 5) is 56.3. The number of urea groups is 2. The van der Waals surface area contributed by atoms with Crippen LogP contribution >= 0.6 is 0 Å². The van der Waals surface area contributed by atoms with E-state index < -0.39 is 5.97 Å². The van der Waals surface area contributed by atoms with Gasteiger partial charge in [-0.05, 0) is 98.2 Å². The summed E-state index contributed by atoms with van der Waals surface area (Å²) in [6.07, 6.45) is 6.18. The number of piperidine rings is 2. The second-order valence-corrected chi connectivity index (χ2v) is 13.3. The van der Waals surface area contributed by atoms with Gasteiger partial charge in [-0.1, -0.05) is 48.5 Å². The van der Waals surface area contributed by atoms with E-state index in [0.29, 0.717) is 61.8 Å². The Balaban J connectivity index is 0.000000208. The van der Waals surface area contributed by atoms with Crippen molar-refractivity contribution in [3.05, 3.63) is 131 Å². The molecule has 2 aliphatic heterocycles. The number of likely N-dealkylation sites (tertiary alicyclic amines) is 2. The van der Waals surface area contributed by atoms with Crippen molar-refractivity contribution in [3.63, 3.8) is 0 Å². The highest BCUT2D eigenvalue weighted by Gasteiger charge is 2.26. The van der Waals surface area contributed by atoms with E-state index in [4.69, 9.17) is 10.5 Å². The lowest BCUT2D eigenvalue weighted by Gasteiger charge is -2.33. The number of carbonyl (C=O) groups is 4. The molecular weight excluding hydrogens is 692 g/mol. The molecule has 0 bridgehead atoms. The largest absolute Gasteiger partial charge is 0.465 e. The summed E-state index contributed by atoms with van der Waals surface area (Å²) in [6, 6.07) is 25.8. The monoisotopic (exact) mass is 739 g/mol. The molecule has 4 aromatic carbocycles. The third kappa shape index (κ3) is 10.7. The zero-order valence-electron chi connectivity index (χ0n) is 30.6. The molecule has 2 fully saturated rings. The van der Waals surface area contributed by atoms with Crippen LogP contribution in [-0.4, -0.2) is 73.4 Å². The first kappa shape index (κ1) is 39.6. The molecule has 6 rings (SSSR count). The highest BCUT2D eigenvalue weighted by Crippen LogP contribution is 2.24. The van der Waals surface area contributed by atoms with Gasteiger partial charge in [-0.15, -0.1) is 0 Å². The summed E-state index contributed by atoms with van der Waals surface area (Å²) in [7, 11) is 1.33. The highest BCUT2D eigenvalue weighted by atomic mass is 19.1. The molecule has 4 amide bonds. The van der Waals surface area contributed by atoms with Crippen molar-refractivity contribution in [1.82, 2.24) is 9.80 Å². The van der Waals surface area contributed by atoms with Gasteiger partial charge in [-0.3, -0.25) is 14.6 Å². The number of hydrogen-bond acceptors (Lipinski definition) is 6. The number of benzene rings is 4. The number of rotatable bonds is 9. The van der Waals surface area contributed by atoms with Gasteiger partial charge in [0.15, 0.2) is 5.78 Å². The van der Waals surface area contributed by atoms with E-state index in [1.165, 1.54) is 31.4 Å². The van der Waals surface area contributed by atoms with Crippen LogP contribution in [0.15, 0.2) is 97.1 Å². The Labute approximate surface area is 315 Å². The Morgan fingerprint density at radius 3 is 1.39 bits per heavy atom. The lowest BCUT2D eigenvalue weighted by molar-refractivity contribution is 0.0600. The normalized spacial score (nSPS) is 14.0. The highest BCUT2D eigenvalue weighted by molar-refractivity contribution is 5.97. The van der Waals surface area contributed by atoms with Gasteiger partial charge in [0.05, 0.1) is 32.3 Å². The standard InChI is InChI=1S/C21H24FN3O2.C21H23FN2O3/c22-18-5-4-6-19(13-18)25(21(27)24-11-2-1-3-12-24)15-16-7-9-17(10-8-16)20(26)14-23;1-27-20(25)17-10-8-16(9-11-17)15-24(19-7-5-6-18(22)14-19)21(26)23-12-3-2-4-13-23/h4-10,13H,1-3,11-12,14-15,23H2;5-11,14H,2-4,12-13,15H2,1H3. The SMILES string of the molecule is COC(=O)c1ccc(CN(C(=O)N2CCCCC2)c2cccc(F)c2)cc1.NCC(=O)c1ccc(CN(C(=O)N2CCCCC2)c2cccc(F)c2)cc1. The number of halogens is 2. The van der Waals surface area contributed by atoms with Crippen LogP contribution in [0.25, 0.3) is 0 Å². The summed E-state index contributed by atoms with van der Waals surface area (Å²) in [5.74, 6) is -1.31. The van der Waals surface area contributed by atoms with Gasteiger partial charge in [0.25, 0.3) is 0 Å². The Hall–Kier alpha value is -5.62. The summed E-state index contributed by atoms with van der Waals surface area (Å²) < 4.78 is 32.2. The van der Waals surface area contributed by atoms with Crippen LogP contribution < -0.4 is 15.5 Å². The number of nitrogens with zero attached hydrogens (tertiary/aromatic N) is 4. The summed E-state index contributed by atoms with van der Waals surface area (Å²) >= 11 is 0. The molecule has 0 radical (unpaired) electrons. The van der Waals surface area contributed by atoms with Gasteiger partial charge in [0.1, 0.15) is 11.6 Å². The molecule has 2 N–H and O–H groups in total. The number of carbonyl (C=O) groups excluding carboxylic acids is 4. The van der Waals surface area contributed by atoms with Crippen LogP contribution in [0.5, 0.6) is 0 Å². The molecule has 0 atom stereocenters. The Kier molecular flexibility index (Phi) is 14.3. The van der Waals surface area contributed by atoms with Crippen molar-refractivity contribution in [2.24, 2.45) is 5.73 Å². The molecule has 4 aromatic rings. The minimum Gasteiger partial charge on any atom is -0.465 e. The first-order valence-corrected chi connectivity index (χ1v) is 18.3. The van der Waals surface area contributed by atoms with Crippen molar-refractivity contribution in [2.75, 3.05) is 49.6 Å². The molecule has 54 heavy (non-hydrogen) atoms.